The molecule has 0 saturated heterocycles. The third-order valence-corrected chi connectivity index (χ3v) is 14.1. The first kappa shape index (κ1) is 56.0. The van der Waals surface area contributed by atoms with Crippen molar-refractivity contribution in [3.05, 3.63) is 110 Å². The van der Waals surface area contributed by atoms with Crippen molar-refractivity contribution in [1.82, 2.24) is 46.4 Å². The zero-order valence-corrected chi connectivity index (χ0v) is 43.1. The molecule has 8 amide bonds. The number of cyclic esters (lactones) is 1. The van der Waals surface area contributed by atoms with Crippen LogP contribution in [0.4, 0.5) is 4.39 Å². The minimum Gasteiger partial charge on any atom is -0.458 e. The van der Waals surface area contributed by atoms with Crippen LogP contribution in [0, 0.1) is 12.7 Å². The number of halogens is 1. The van der Waals surface area contributed by atoms with Gasteiger partial charge in [-0.05, 0) is 67.3 Å². The number of fused-ring (bicyclic) bond motifs is 5. The van der Waals surface area contributed by atoms with Crippen LogP contribution in [-0.2, 0) is 89.0 Å². The summed E-state index contributed by atoms with van der Waals surface area (Å²) in [7, 11) is 0. The number of aromatic nitrogens is 2. The second-order valence-electron chi connectivity index (χ2n) is 19.2. The van der Waals surface area contributed by atoms with Crippen LogP contribution >= 0.6 is 0 Å². The minimum absolute atomic E-state index is 0.0258. The molecule has 4 aromatic rings. The number of nitrogens with zero attached hydrogens (tertiary/aromatic N) is 3. The van der Waals surface area contributed by atoms with E-state index in [-0.39, 0.29) is 88.5 Å². The van der Waals surface area contributed by atoms with Gasteiger partial charge in [0.15, 0.2) is 5.60 Å². The van der Waals surface area contributed by atoms with E-state index in [0.717, 1.165) is 10.5 Å². The molecule has 2 aromatic heterocycles. The van der Waals surface area contributed by atoms with Crippen LogP contribution < -0.4 is 37.5 Å². The largest absolute Gasteiger partial charge is 0.458 e. The quantitative estimate of drug-likeness (QED) is 0.0179. The Morgan fingerprint density at radius 3 is 2.31 bits per heavy atom. The van der Waals surface area contributed by atoms with Crippen LogP contribution in [-0.4, -0.2) is 132 Å². The Kier molecular flexibility index (Phi) is 17.8. The number of aliphatic hydroxyl groups is 1. The molecule has 78 heavy (non-hydrogen) atoms. The molecule has 24 heteroatoms. The first-order valence-corrected chi connectivity index (χ1v) is 25.7. The molecule has 0 saturated carbocycles. The second-order valence-corrected chi connectivity index (χ2v) is 19.2. The molecule has 3 atom stereocenters. The predicted molar refractivity (Wildman–Crippen MR) is 274 cm³/mol. The number of esters is 1. The summed E-state index contributed by atoms with van der Waals surface area (Å²) in [6, 6.07) is 9.99. The number of benzene rings is 2. The van der Waals surface area contributed by atoms with Gasteiger partial charge < -0.3 is 55.8 Å². The summed E-state index contributed by atoms with van der Waals surface area (Å²) in [6.07, 6.45) is 4.95. The number of nitrogens with one attached hydrogen (secondary N) is 6. The summed E-state index contributed by atoms with van der Waals surface area (Å²) < 4.78 is 33.1. The lowest BCUT2D eigenvalue weighted by Crippen LogP contribution is -2.52. The average Bonchev–Trinajstić information content (AvgIpc) is 4.13. The smallest absolute Gasteiger partial charge is 0.343 e. The average molecular weight is 1080 g/mol. The first-order valence-electron chi connectivity index (χ1n) is 25.7. The molecule has 5 heterocycles. The SMILES string of the molecule is CC[C@@]1(O)C(=O)OCc2c1cc1n(c2=O)Cc2c-1nc1cc(F)c(C)c3c1c2[C@@H](NC(=O)COCCOCNC(=O)CNC(=O)[C@H](Cc1ccccc1)NC(=O)CNC(=O)CNC(=O)CCCCCN1C(=O)C=CC1=O)CC3. The zero-order valence-electron chi connectivity index (χ0n) is 43.1. The molecule has 0 unspecified atom stereocenters. The summed E-state index contributed by atoms with van der Waals surface area (Å²) in [4.78, 5) is 133. The molecular weight excluding hydrogens is 1020 g/mol. The Bertz CT molecular complexity index is 3150. The number of ether oxygens (including phenoxy) is 3. The fourth-order valence-corrected chi connectivity index (χ4v) is 9.97. The fraction of sp³-hybridized carbons (Fsp3) is 0.426. The maximum Gasteiger partial charge on any atom is 0.343 e. The molecule has 0 spiro atoms. The van der Waals surface area contributed by atoms with Gasteiger partial charge in [0.2, 0.25) is 35.4 Å². The van der Waals surface area contributed by atoms with Gasteiger partial charge in [-0.15, -0.1) is 0 Å². The maximum atomic E-state index is 15.3. The van der Waals surface area contributed by atoms with Gasteiger partial charge in [0.1, 0.15) is 31.8 Å². The summed E-state index contributed by atoms with van der Waals surface area (Å²) in [5.41, 5.74) is 2.11. The standard InChI is InChI=1S/C54H60FN9O14/c1-3-54(75)35-21-40-50-33(26-64(40)52(73)34(35)27-78-53(54)74)49-37(14-13-32-30(2)36(55)22-38(62-50)48(32)49)60-45(69)28-76-18-19-77-29-59-43(67)24-58-51(72)39(20-31-10-6-4-7-11-31)61-44(68)25-57-42(66)23-56-41(65)12-8-5-9-17-63-46(70)15-16-47(63)71/h4,6-7,10-11,15-16,21-22,37,39,75H,3,5,8-9,12-14,17-20,23-29H2,1-2H3,(H,56,65)(H,57,66)(H,58,72)(H,59,67)(H,60,69)(H,61,68)/t37-,39-,54-/m0/s1. The van der Waals surface area contributed by atoms with E-state index in [1.807, 2.05) is 0 Å². The maximum absolute atomic E-state index is 15.3. The van der Waals surface area contributed by atoms with Crippen molar-refractivity contribution in [2.45, 2.75) is 96.1 Å². The Hall–Kier alpha value is -8.22. The molecule has 412 valence electrons. The molecule has 0 bridgehead atoms. The van der Waals surface area contributed by atoms with E-state index in [0.29, 0.717) is 76.6 Å². The Balaban J connectivity index is 0.755. The molecule has 1 aliphatic carbocycles. The Morgan fingerprint density at radius 2 is 1.55 bits per heavy atom. The Labute approximate surface area is 446 Å². The van der Waals surface area contributed by atoms with Crippen molar-refractivity contribution < 1.29 is 66.9 Å². The van der Waals surface area contributed by atoms with Crippen molar-refractivity contribution in [2.75, 3.05) is 52.7 Å². The van der Waals surface area contributed by atoms with Gasteiger partial charge in [-0.1, -0.05) is 43.7 Å². The number of aryl methyl sites for hydroxylation is 1. The fourth-order valence-electron chi connectivity index (χ4n) is 9.97. The van der Waals surface area contributed by atoms with Gasteiger partial charge in [0, 0.05) is 54.1 Å². The number of amides is 8. The lowest BCUT2D eigenvalue weighted by atomic mass is 9.81. The van der Waals surface area contributed by atoms with Crippen LogP contribution in [0.3, 0.4) is 0 Å². The summed E-state index contributed by atoms with van der Waals surface area (Å²) >= 11 is 0. The highest BCUT2D eigenvalue weighted by atomic mass is 19.1. The van der Waals surface area contributed by atoms with E-state index in [9.17, 15) is 53.1 Å². The van der Waals surface area contributed by atoms with E-state index >= 15 is 4.39 Å². The molecule has 8 rings (SSSR count). The van der Waals surface area contributed by atoms with Gasteiger partial charge in [0.25, 0.3) is 17.4 Å². The van der Waals surface area contributed by atoms with Crippen molar-refractivity contribution in [3.8, 4) is 11.4 Å². The van der Waals surface area contributed by atoms with E-state index in [1.54, 1.807) is 50.2 Å². The van der Waals surface area contributed by atoms with Crippen molar-refractivity contribution >= 4 is 64.1 Å². The van der Waals surface area contributed by atoms with E-state index in [2.05, 4.69) is 31.9 Å². The normalized spacial score (nSPS) is 17.2. The molecule has 4 aliphatic rings. The summed E-state index contributed by atoms with van der Waals surface area (Å²) in [6.45, 7) is 1.26. The third kappa shape index (κ3) is 12.6. The first-order chi connectivity index (χ1) is 37.5. The monoisotopic (exact) mass is 1080 g/mol. The minimum atomic E-state index is -2.04. The molecule has 23 nitrogen and oxygen atoms in total. The number of rotatable bonds is 25. The highest BCUT2D eigenvalue weighted by Gasteiger charge is 2.46. The molecule has 0 radical (unpaired) electrons. The van der Waals surface area contributed by atoms with Crippen LogP contribution in [0.2, 0.25) is 0 Å². The molecule has 3 aliphatic heterocycles. The van der Waals surface area contributed by atoms with Gasteiger partial charge in [0.05, 0.1) is 67.9 Å². The van der Waals surface area contributed by atoms with Crippen LogP contribution in [0.25, 0.3) is 22.3 Å². The summed E-state index contributed by atoms with van der Waals surface area (Å²) in [5, 5.41) is 27.5. The van der Waals surface area contributed by atoms with Crippen molar-refractivity contribution in [2.24, 2.45) is 0 Å². The second kappa shape index (κ2) is 24.8. The summed E-state index contributed by atoms with van der Waals surface area (Å²) in [5.74, 6) is -5.54. The van der Waals surface area contributed by atoms with Gasteiger partial charge in [-0.2, -0.15) is 0 Å². The third-order valence-electron chi connectivity index (χ3n) is 14.1. The number of hydrogen-bond acceptors (Lipinski definition) is 15. The lowest BCUT2D eigenvalue weighted by molar-refractivity contribution is -0.172. The van der Waals surface area contributed by atoms with Crippen LogP contribution in [0.15, 0.2) is 59.4 Å². The Morgan fingerprint density at radius 1 is 0.846 bits per heavy atom. The number of unbranched alkanes of at least 4 members (excludes halogenated alkanes) is 2. The van der Waals surface area contributed by atoms with Crippen molar-refractivity contribution in [1.29, 1.82) is 0 Å². The van der Waals surface area contributed by atoms with Crippen molar-refractivity contribution in [3.63, 3.8) is 0 Å². The van der Waals surface area contributed by atoms with E-state index < -0.39 is 90.1 Å². The van der Waals surface area contributed by atoms with Gasteiger partial charge in [-0.25, -0.2) is 14.2 Å². The lowest BCUT2D eigenvalue weighted by Gasteiger charge is -2.31. The van der Waals surface area contributed by atoms with Gasteiger partial charge in [-0.3, -0.25) is 48.1 Å². The van der Waals surface area contributed by atoms with Crippen LogP contribution in [0.1, 0.15) is 90.4 Å². The van der Waals surface area contributed by atoms with E-state index in [4.69, 9.17) is 19.2 Å². The zero-order chi connectivity index (χ0) is 55.7. The van der Waals surface area contributed by atoms with Gasteiger partial charge >= 0.3 is 5.97 Å². The molecular formula is C54H60FN9O14. The number of carbonyl (C=O) groups is 9. The van der Waals surface area contributed by atoms with Crippen LogP contribution in [0.5, 0.6) is 0 Å². The highest BCUT2D eigenvalue weighted by molar-refractivity contribution is 6.12. The number of imide groups is 1. The predicted octanol–water partition coefficient (Wildman–Crippen LogP) is 0.299. The topological polar surface area (TPSA) is 312 Å². The number of carbonyl (C=O) groups excluding carboxylic acids is 9. The molecule has 7 N–H and O–H groups in total. The number of hydrogen-bond donors (Lipinski definition) is 7. The molecule has 0 fully saturated rings. The molecule has 2 aromatic carbocycles. The number of pyridine rings is 2. The van der Waals surface area contributed by atoms with E-state index in [1.165, 1.54) is 22.8 Å². The highest BCUT2D eigenvalue weighted by Crippen LogP contribution is 2.46.